The topological polar surface area (TPSA) is 72.2 Å². The Kier molecular flexibility index (Phi) is 4.87. The van der Waals surface area contributed by atoms with E-state index in [1.54, 1.807) is 23.0 Å². The van der Waals surface area contributed by atoms with Crippen molar-refractivity contribution in [2.45, 2.75) is 43.7 Å². The first kappa shape index (κ1) is 18.4. The quantitative estimate of drug-likeness (QED) is 0.692. The van der Waals surface area contributed by atoms with Crippen molar-refractivity contribution in [1.29, 1.82) is 0 Å². The molecule has 0 saturated carbocycles. The molecule has 1 fully saturated rings. The Bertz CT molecular complexity index is 983. The van der Waals surface area contributed by atoms with Crippen molar-refractivity contribution in [3.8, 4) is 11.3 Å². The summed E-state index contributed by atoms with van der Waals surface area (Å²) < 4.78 is 21.0. The van der Waals surface area contributed by atoms with Crippen LogP contribution in [-0.2, 0) is 24.1 Å². The summed E-state index contributed by atoms with van der Waals surface area (Å²) in [6.07, 6.45) is 2.93. The Labute approximate surface area is 168 Å². The number of hydrogen-bond donors (Lipinski definition) is 2. The summed E-state index contributed by atoms with van der Waals surface area (Å²) in [7, 11) is 0. The van der Waals surface area contributed by atoms with Crippen molar-refractivity contribution in [2.75, 3.05) is 6.61 Å². The highest BCUT2D eigenvalue weighted by Gasteiger charge is 2.38. The zero-order valence-corrected chi connectivity index (χ0v) is 15.9. The fourth-order valence-corrected chi connectivity index (χ4v) is 4.36. The second-order valence-corrected chi connectivity index (χ2v) is 7.84. The minimum Gasteiger partial charge on any atom is -0.389 e. The molecule has 1 aliphatic heterocycles. The van der Waals surface area contributed by atoms with Crippen LogP contribution in [0.1, 0.15) is 11.1 Å². The molecule has 0 radical (unpaired) electrons. The third-order valence-electron chi connectivity index (χ3n) is 5.80. The molecule has 0 amide bonds. The smallest absolute Gasteiger partial charge is 0.123 e. The van der Waals surface area contributed by atoms with Crippen LogP contribution in [0.4, 0.5) is 4.39 Å². The molecular formula is C22H23FN4O2. The first-order valence-electron chi connectivity index (χ1n) is 9.94. The van der Waals surface area contributed by atoms with Crippen molar-refractivity contribution in [1.82, 2.24) is 20.3 Å². The molecule has 1 aromatic heterocycles. The van der Waals surface area contributed by atoms with Gasteiger partial charge in [-0.3, -0.25) is 0 Å². The maximum Gasteiger partial charge on any atom is 0.123 e. The molecule has 3 aromatic rings. The van der Waals surface area contributed by atoms with E-state index in [9.17, 15) is 9.50 Å². The Morgan fingerprint density at radius 3 is 2.69 bits per heavy atom. The number of aromatic nitrogens is 3. The summed E-state index contributed by atoms with van der Waals surface area (Å²) in [5, 5.41) is 22.4. The molecule has 3 atom stereocenters. The molecule has 2 aliphatic rings. The number of ether oxygens (including phenoxy) is 1. The lowest BCUT2D eigenvalue weighted by atomic mass is 10.1. The second-order valence-electron chi connectivity index (χ2n) is 7.84. The third-order valence-corrected chi connectivity index (χ3v) is 5.80. The molecule has 5 rings (SSSR count). The molecule has 7 heteroatoms. The van der Waals surface area contributed by atoms with Gasteiger partial charge in [0, 0.05) is 11.6 Å². The molecular weight excluding hydrogens is 371 g/mol. The van der Waals surface area contributed by atoms with Gasteiger partial charge in [0.05, 0.1) is 37.6 Å². The van der Waals surface area contributed by atoms with Gasteiger partial charge in [-0.25, -0.2) is 9.07 Å². The zero-order valence-electron chi connectivity index (χ0n) is 15.9. The Morgan fingerprint density at radius 2 is 1.93 bits per heavy atom. The summed E-state index contributed by atoms with van der Waals surface area (Å²) in [4.78, 5) is 0. The molecule has 29 heavy (non-hydrogen) atoms. The van der Waals surface area contributed by atoms with Crippen LogP contribution in [0.5, 0.6) is 0 Å². The van der Waals surface area contributed by atoms with Crippen molar-refractivity contribution in [3.05, 3.63) is 71.7 Å². The zero-order chi connectivity index (χ0) is 19.8. The Balaban J connectivity index is 1.26. The molecule has 1 saturated heterocycles. The summed E-state index contributed by atoms with van der Waals surface area (Å²) >= 11 is 0. The molecule has 2 aromatic carbocycles. The normalized spacial score (nSPS) is 24.1. The molecule has 150 valence electrons. The second kappa shape index (κ2) is 7.67. The predicted octanol–water partition coefficient (Wildman–Crippen LogP) is 1.97. The van der Waals surface area contributed by atoms with E-state index in [-0.39, 0.29) is 24.0 Å². The van der Waals surface area contributed by atoms with Gasteiger partial charge in [-0.15, -0.1) is 5.10 Å². The average Bonchev–Trinajstić information content (AvgIpc) is 3.43. The molecule has 0 bridgehead atoms. The Hall–Kier alpha value is -2.61. The maximum atomic E-state index is 13.5. The van der Waals surface area contributed by atoms with E-state index in [4.69, 9.17) is 4.74 Å². The number of aliphatic hydroxyl groups is 1. The molecule has 2 heterocycles. The number of benzene rings is 2. The van der Waals surface area contributed by atoms with Crippen LogP contribution in [0.15, 0.2) is 54.7 Å². The van der Waals surface area contributed by atoms with Gasteiger partial charge in [0.2, 0.25) is 0 Å². The number of aliphatic hydroxyl groups excluding tert-OH is 1. The largest absolute Gasteiger partial charge is 0.389 e. The van der Waals surface area contributed by atoms with E-state index < -0.39 is 6.10 Å². The van der Waals surface area contributed by atoms with Gasteiger partial charge in [-0.1, -0.05) is 41.6 Å². The number of fused-ring (bicyclic) bond motifs is 1. The number of halogens is 1. The number of nitrogens with one attached hydrogen (secondary N) is 1. The van der Waals surface area contributed by atoms with E-state index in [0.29, 0.717) is 24.4 Å². The van der Waals surface area contributed by atoms with E-state index in [0.717, 1.165) is 12.8 Å². The van der Waals surface area contributed by atoms with Crippen molar-refractivity contribution in [2.24, 2.45) is 0 Å². The highest BCUT2D eigenvalue weighted by atomic mass is 19.1. The van der Waals surface area contributed by atoms with Gasteiger partial charge >= 0.3 is 0 Å². The standard InChI is InChI=1S/C22H23FN4O2/c23-17-7-3-6-16(8-17)19-11-27(26-25-19)12-21-22(20(28)13-29-21)24-18-9-14-4-1-2-5-15(14)10-18/h1-8,11,18,20-22,24,28H,9-10,12-13H2/t20-,21+,22+/m0/s1. The van der Waals surface area contributed by atoms with Crippen LogP contribution in [0.3, 0.4) is 0 Å². The fourth-order valence-electron chi connectivity index (χ4n) is 4.36. The average molecular weight is 394 g/mol. The SMILES string of the molecule is O[C@H]1CO[C@H](Cn2cc(-c3cccc(F)c3)nn2)[C@@H]1NC1Cc2ccccc2C1. The fraction of sp³-hybridized carbons (Fsp3) is 0.364. The number of nitrogens with zero attached hydrogens (tertiary/aromatic N) is 3. The molecule has 0 spiro atoms. The minimum absolute atomic E-state index is 0.170. The number of hydrogen-bond acceptors (Lipinski definition) is 5. The van der Waals surface area contributed by atoms with Crippen LogP contribution in [-0.4, -0.2) is 51.0 Å². The number of rotatable bonds is 5. The van der Waals surface area contributed by atoms with Crippen LogP contribution in [0.25, 0.3) is 11.3 Å². The predicted molar refractivity (Wildman–Crippen MR) is 106 cm³/mol. The van der Waals surface area contributed by atoms with Gasteiger partial charge in [-0.05, 0) is 36.1 Å². The molecule has 2 N–H and O–H groups in total. The lowest BCUT2D eigenvalue weighted by Crippen LogP contribution is -2.50. The van der Waals surface area contributed by atoms with Crippen LogP contribution in [0, 0.1) is 5.82 Å². The van der Waals surface area contributed by atoms with Gasteiger partial charge in [-0.2, -0.15) is 0 Å². The summed E-state index contributed by atoms with van der Waals surface area (Å²) in [6.45, 7) is 0.768. The summed E-state index contributed by atoms with van der Waals surface area (Å²) in [5.41, 5.74) is 4.03. The van der Waals surface area contributed by atoms with Crippen molar-refractivity contribution >= 4 is 0 Å². The Morgan fingerprint density at radius 1 is 1.14 bits per heavy atom. The molecule has 1 aliphatic carbocycles. The van der Waals surface area contributed by atoms with E-state index in [1.807, 2.05) is 0 Å². The lowest BCUT2D eigenvalue weighted by Gasteiger charge is -2.25. The highest BCUT2D eigenvalue weighted by molar-refractivity contribution is 5.57. The lowest BCUT2D eigenvalue weighted by molar-refractivity contribution is 0.0735. The molecule has 0 unspecified atom stereocenters. The van der Waals surface area contributed by atoms with Gasteiger partial charge in [0.25, 0.3) is 0 Å². The van der Waals surface area contributed by atoms with E-state index in [2.05, 4.69) is 39.9 Å². The summed E-state index contributed by atoms with van der Waals surface area (Å²) in [5.74, 6) is -0.305. The minimum atomic E-state index is -0.560. The van der Waals surface area contributed by atoms with Crippen LogP contribution >= 0.6 is 0 Å². The van der Waals surface area contributed by atoms with Crippen molar-refractivity contribution < 1.29 is 14.2 Å². The van der Waals surface area contributed by atoms with E-state index in [1.165, 1.54) is 23.3 Å². The van der Waals surface area contributed by atoms with Gasteiger partial charge in [0.15, 0.2) is 0 Å². The first-order chi connectivity index (χ1) is 14.2. The maximum absolute atomic E-state index is 13.5. The third kappa shape index (κ3) is 3.81. The highest BCUT2D eigenvalue weighted by Crippen LogP contribution is 2.25. The van der Waals surface area contributed by atoms with E-state index >= 15 is 0 Å². The first-order valence-corrected chi connectivity index (χ1v) is 9.94. The van der Waals surface area contributed by atoms with Gasteiger partial charge < -0.3 is 15.2 Å². The van der Waals surface area contributed by atoms with Crippen LogP contribution < -0.4 is 5.32 Å². The van der Waals surface area contributed by atoms with Crippen molar-refractivity contribution in [3.63, 3.8) is 0 Å². The molecule has 6 nitrogen and oxygen atoms in total. The monoisotopic (exact) mass is 394 g/mol. The van der Waals surface area contributed by atoms with Gasteiger partial charge in [0.1, 0.15) is 11.5 Å². The van der Waals surface area contributed by atoms with Crippen LogP contribution in [0.2, 0.25) is 0 Å². The summed E-state index contributed by atoms with van der Waals surface area (Å²) in [6, 6.07) is 14.9.